The highest BCUT2D eigenvalue weighted by Gasteiger charge is 2.22. The van der Waals surface area contributed by atoms with Gasteiger partial charge in [0.2, 0.25) is 0 Å². The van der Waals surface area contributed by atoms with Crippen molar-refractivity contribution in [3.8, 4) is 22.6 Å². The monoisotopic (exact) mass is 458 g/mol. The van der Waals surface area contributed by atoms with Crippen molar-refractivity contribution in [1.82, 2.24) is 0 Å². The van der Waals surface area contributed by atoms with Crippen LogP contribution >= 0.6 is 0 Å². The van der Waals surface area contributed by atoms with Crippen LogP contribution in [0, 0.1) is 6.92 Å². The van der Waals surface area contributed by atoms with E-state index in [2.05, 4.69) is 68.4 Å². The van der Waals surface area contributed by atoms with E-state index in [1.807, 2.05) is 6.07 Å². The van der Waals surface area contributed by atoms with Crippen LogP contribution in [0.25, 0.3) is 11.1 Å². The maximum Gasteiger partial charge on any atom is 0.303 e. The summed E-state index contributed by atoms with van der Waals surface area (Å²) in [5.41, 5.74) is 6.96. The highest BCUT2D eigenvalue weighted by molar-refractivity contribution is 5.71. The molecule has 0 amide bonds. The molecule has 34 heavy (non-hydrogen) atoms. The summed E-state index contributed by atoms with van der Waals surface area (Å²) in [6, 6.07) is 20.9. The third-order valence-electron chi connectivity index (χ3n) is 6.53. The average Bonchev–Trinajstić information content (AvgIpc) is 2.84. The van der Waals surface area contributed by atoms with Gasteiger partial charge in [0.1, 0.15) is 18.1 Å². The topological polar surface area (TPSA) is 55.8 Å². The molecule has 1 aliphatic carbocycles. The molecular formula is C30H34O4. The molecule has 1 aliphatic rings. The van der Waals surface area contributed by atoms with Crippen molar-refractivity contribution in [2.24, 2.45) is 0 Å². The summed E-state index contributed by atoms with van der Waals surface area (Å²) >= 11 is 0. The fourth-order valence-corrected chi connectivity index (χ4v) is 4.67. The fourth-order valence-electron chi connectivity index (χ4n) is 4.67. The molecule has 1 N–H and O–H groups in total. The summed E-state index contributed by atoms with van der Waals surface area (Å²) in [7, 11) is 0. The van der Waals surface area contributed by atoms with Gasteiger partial charge in [0.15, 0.2) is 0 Å². The highest BCUT2D eigenvalue weighted by atomic mass is 16.5. The molecule has 3 aromatic rings. The molecule has 4 nitrogen and oxygen atoms in total. The van der Waals surface area contributed by atoms with E-state index >= 15 is 0 Å². The van der Waals surface area contributed by atoms with Gasteiger partial charge in [0.05, 0.1) is 13.0 Å². The minimum absolute atomic E-state index is 0.111. The molecule has 4 rings (SSSR count). The molecule has 3 aromatic carbocycles. The maximum atomic E-state index is 11.2. The number of ether oxygens (including phenoxy) is 2. The number of carbonyl (C=O) groups is 1. The summed E-state index contributed by atoms with van der Waals surface area (Å²) in [4.78, 5) is 11.2. The van der Waals surface area contributed by atoms with Gasteiger partial charge in [-0.15, -0.1) is 0 Å². The number of aliphatic carboxylic acids is 1. The zero-order valence-corrected chi connectivity index (χ0v) is 20.2. The lowest BCUT2D eigenvalue weighted by Crippen LogP contribution is -2.13. The molecule has 178 valence electrons. The van der Waals surface area contributed by atoms with E-state index in [1.165, 1.54) is 16.7 Å². The second kappa shape index (κ2) is 11.2. The van der Waals surface area contributed by atoms with E-state index in [1.54, 1.807) is 0 Å². The van der Waals surface area contributed by atoms with E-state index in [0.717, 1.165) is 66.9 Å². The molecule has 0 fully saturated rings. The van der Waals surface area contributed by atoms with Gasteiger partial charge < -0.3 is 14.6 Å². The molecule has 0 aromatic heterocycles. The summed E-state index contributed by atoms with van der Waals surface area (Å²) in [5.74, 6) is 1.15. The van der Waals surface area contributed by atoms with E-state index in [9.17, 15) is 9.90 Å². The minimum atomic E-state index is -0.730. The number of fused-ring (bicyclic) bond motifs is 1. The van der Waals surface area contributed by atoms with Gasteiger partial charge in [0, 0.05) is 5.56 Å². The van der Waals surface area contributed by atoms with E-state index in [4.69, 9.17) is 9.47 Å². The first-order valence-electron chi connectivity index (χ1n) is 12.3. The van der Waals surface area contributed by atoms with Crippen molar-refractivity contribution in [2.75, 3.05) is 6.61 Å². The molecule has 0 radical (unpaired) electrons. The molecule has 0 spiro atoms. The van der Waals surface area contributed by atoms with Gasteiger partial charge in [-0.2, -0.15) is 0 Å². The first kappa shape index (κ1) is 23.9. The van der Waals surface area contributed by atoms with Crippen molar-refractivity contribution >= 4 is 5.97 Å². The molecule has 0 bridgehead atoms. The zero-order valence-electron chi connectivity index (χ0n) is 20.2. The van der Waals surface area contributed by atoms with Crippen molar-refractivity contribution in [1.29, 1.82) is 0 Å². The van der Waals surface area contributed by atoms with Crippen LogP contribution < -0.4 is 9.47 Å². The Morgan fingerprint density at radius 2 is 1.85 bits per heavy atom. The number of hydrogen-bond donors (Lipinski definition) is 1. The highest BCUT2D eigenvalue weighted by Crippen LogP contribution is 2.36. The van der Waals surface area contributed by atoms with Gasteiger partial charge in [-0.1, -0.05) is 55.3 Å². The third kappa shape index (κ3) is 5.99. The van der Waals surface area contributed by atoms with E-state index in [0.29, 0.717) is 6.61 Å². The Hall–Kier alpha value is -3.27. The van der Waals surface area contributed by atoms with Crippen LogP contribution in [0.4, 0.5) is 0 Å². The number of carboxylic acids is 1. The first-order valence-corrected chi connectivity index (χ1v) is 12.3. The van der Waals surface area contributed by atoms with Crippen molar-refractivity contribution < 1.29 is 19.4 Å². The second-order valence-corrected chi connectivity index (χ2v) is 9.23. The standard InChI is InChI=1S/C30H34O4/c1-3-4-16-33-29-15-8-21(2)17-28(29)23-11-9-22(10-12-23)20-34-26-13-14-27-24(18-26)6-5-7-25(27)19-30(31)32/h8-15,17-18,25H,3-7,16,19-20H2,1-2H3,(H,31,32)/t25-/m1/s1. The molecule has 1 atom stereocenters. The molecular weight excluding hydrogens is 424 g/mol. The largest absolute Gasteiger partial charge is 0.493 e. The molecule has 4 heteroatoms. The average molecular weight is 459 g/mol. The summed E-state index contributed by atoms with van der Waals surface area (Å²) in [5, 5.41) is 9.19. The summed E-state index contributed by atoms with van der Waals surface area (Å²) in [6.07, 6.45) is 5.31. The van der Waals surface area contributed by atoms with Crippen LogP contribution in [0.3, 0.4) is 0 Å². The van der Waals surface area contributed by atoms with Crippen LogP contribution in [0.2, 0.25) is 0 Å². The maximum absolute atomic E-state index is 11.2. The van der Waals surface area contributed by atoms with Crippen molar-refractivity contribution in [3.63, 3.8) is 0 Å². The normalized spacial score (nSPS) is 14.9. The van der Waals surface area contributed by atoms with Gasteiger partial charge in [-0.3, -0.25) is 4.79 Å². The Morgan fingerprint density at radius 1 is 1.03 bits per heavy atom. The van der Waals surface area contributed by atoms with Crippen LogP contribution in [0.5, 0.6) is 11.5 Å². The summed E-state index contributed by atoms with van der Waals surface area (Å²) in [6.45, 7) is 5.49. The van der Waals surface area contributed by atoms with Crippen LogP contribution in [0.15, 0.2) is 60.7 Å². The molecule has 0 heterocycles. The van der Waals surface area contributed by atoms with Crippen LogP contribution in [-0.2, 0) is 17.8 Å². The Kier molecular flexibility index (Phi) is 7.89. The smallest absolute Gasteiger partial charge is 0.303 e. The second-order valence-electron chi connectivity index (χ2n) is 9.23. The Bertz CT molecular complexity index is 1120. The van der Waals surface area contributed by atoms with Crippen molar-refractivity contribution in [2.45, 2.75) is 64.9 Å². The number of benzene rings is 3. The van der Waals surface area contributed by atoms with E-state index in [-0.39, 0.29) is 12.3 Å². The van der Waals surface area contributed by atoms with Gasteiger partial charge in [-0.25, -0.2) is 0 Å². The molecule has 0 aliphatic heterocycles. The molecule has 0 saturated heterocycles. The van der Waals surface area contributed by atoms with Gasteiger partial charge >= 0.3 is 5.97 Å². The lowest BCUT2D eigenvalue weighted by Gasteiger charge is -2.24. The predicted octanol–water partition coefficient (Wildman–Crippen LogP) is 7.31. The Morgan fingerprint density at radius 3 is 2.62 bits per heavy atom. The van der Waals surface area contributed by atoms with E-state index < -0.39 is 5.97 Å². The zero-order chi connectivity index (χ0) is 23.9. The Balaban J connectivity index is 1.42. The van der Waals surface area contributed by atoms with Gasteiger partial charge in [-0.05, 0) is 85.0 Å². The lowest BCUT2D eigenvalue weighted by atomic mass is 9.81. The van der Waals surface area contributed by atoms with Gasteiger partial charge in [0.25, 0.3) is 0 Å². The number of hydrogen-bond acceptors (Lipinski definition) is 3. The minimum Gasteiger partial charge on any atom is -0.493 e. The SMILES string of the molecule is CCCCOc1ccc(C)cc1-c1ccc(COc2ccc3c(c2)CCC[C@@H]3CC(=O)O)cc1. The fraction of sp³-hybridized carbons (Fsp3) is 0.367. The lowest BCUT2D eigenvalue weighted by molar-refractivity contribution is -0.137. The number of unbranched alkanes of at least 4 members (excludes halogenated alkanes) is 1. The van der Waals surface area contributed by atoms with Crippen LogP contribution in [-0.4, -0.2) is 17.7 Å². The quantitative estimate of drug-likeness (QED) is 0.324. The summed E-state index contributed by atoms with van der Waals surface area (Å²) < 4.78 is 12.1. The molecule has 0 unspecified atom stereocenters. The number of rotatable bonds is 10. The van der Waals surface area contributed by atoms with Crippen molar-refractivity contribution in [3.05, 3.63) is 82.9 Å². The molecule has 0 saturated carbocycles. The number of aryl methyl sites for hydroxylation is 2. The first-order chi connectivity index (χ1) is 16.5. The third-order valence-corrected chi connectivity index (χ3v) is 6.53. The Labute approximate surface area is 202 Å². The predicted molar refractivity (Wildman–Crippen MR) is 136 cm³/mol. The number of carboxylic acid groups (broad SMARTS) is 1. The van der Waals surface area contributed by atoms with Crippen LogP contribution in [0.1, 0.15) is 67.2 Å².